The number of carbonyl (C=O) groups is 1. The topological polar surface area (TPSA) is 62.0 Å². The Kier molecular flexibility index (Phi) is 4.30. The fourth-order valence-electron chi connectivity index (χ4n) is 1.81. The van der Waals surface area contributed by atoms with Gasteiger partial charge in [0.2, 0.25) is 0 Å². The fraction of sp³-hybridized carbons (Fsp3) is 0.200. The van der Waals surface area contributed by atoms with Crippen LogP contribution in [-0.2, 0) is 0 Å². The number of amides is 1. The monoisotopic (exact) mass is 274 g/mol. The molecule has 0 saturated heterocycles. The lowest BCUT2D eigenvalue weighted by atomic mass is 10.1. The third kappa shape index (κ3) is 3.12. The summed E-state index contributed by atoms with van der Waals surface area (Å²) >= 11 is 0. The fourth-order valence-corrected chi connectivity index (χ4v) is 1.81. The van der Waals surface area contributed by atoms with Crippen molar-refractivity contribution in [2.75, 3.05) is 6.54 Å². The van der Waals surface area contributed by atoms with Crippen LogP contribution >= 0.6 is 0 Å². The van der Waals surface area contributed by atoms with E-state index in [4.69, 9.17) is 0 Å². The first-order valence-corrected chi connectivity index (χ1v) is 6.39. The minimum absolute atomic E-state index is 0.0543. The number of aromatic nitrogens is 1. The number of rotatable bonds is 4. The van der Waals surface area contributed by atoms with Crippen molar-refractivity contribution in [1.29, 1.82) is 0 Å². The minimum Gasteiger partial charge on any atom is -0.352 e. The van der Waals surface area contributed by atoms with Gasteiger partial charge in [-0.25, -0.2) is 4.39 Å². The van der Waals surface area contributed by atoms with Crippen molar-refractivity contribution in [1.82, 2.24) is 10.3 Å². The van der Waals surface area contributed by atoms with Gasteiger partial charge >= 0.3 is 0 Å². The van der Waals surface area contributed by atoms with Crippen LogP contribution in [0.2, 0.25) is 0 Å². The first-order valence-electron chi connectivity index (χ1n) is 6.39. The second kappa shape index (κ2) is 6.14. The van der Waals surface area contributed by atoms with Crippen LogP contribution in [0.1, 0.15) is 23.7 Å². The molecule has 1 heterocycles. The van der Waals surface area contributed by atoms with Crippen molar-refractivity contribution < 1.29 is 9.18 Å². The van der Waals surface area contributed by atoms with Gasteiger partial charge in [0, 0.05) is 17.8 Å². The first kappa shape index (κ1) is 14.0. The van der Waals surface area contributed by atoms with E-state index in [1.54, 1.807) is 18.2 Å². The van der Waals surface area contributed by atoms with Crippen molar-refractivity contribution >= 4 is 5.91 Å². The number of aromatic amines is 1. The van der Waals surface area contributed by atoms with E-state index in [0.717, 1.165) is 6.42 Å². The van der Waals surface area contributed by atoms with Crippen LogP contribution < -0.4 is 10.9 Å². The minimum atomic E-state index is -0.486. The highest BCUT2D eigenvalue weighted by Gasteiger charge is 2.10. The predicted octanol–water partition coefficient (Wildman–Crippen LogP) is 2.32. The van der Waals surface area contributed by atoms with E-state index in [1.807, 2.05) is 6.92 Å². The number of hydrogen-bond acceptors (Lipinski definition) is 2. The van der Waals surface area contributed by atoms with E-state index in [1.165, 1.54) is 18.2 Å². The number of benzene rings is 1. The molecule has 4 nitrogen and oxygen atoms in total. The van der Waals surface area contributed by atoms with Crippen molar-refractivity contribution in [2.24, 2.45) is 0 Å². The molecule has 0 aliphatic heterocycles. The molecule has 104 valence electrons. The average Bonchev–Trinajstić information content (AvgIpc) is 2.44. The quantitative estimate of drug-likeness (QED) is 0.898. The molecule has 5 heteroatoms. The summed E-state index contributed by atoms with van der Waals surface area (Å²) < 4.78 is 13.1. The van der Waals surface area contributed by atoms with Gasteiger partial charge < -0.3 is 10.3 Å². The highest BCUT2D eigenvalue weighted by molar-refractivity contribution is 5.94. The van der Waals surface area contributed by atoms with Crippen LogP contribution in [0.4, 0.5) is 4.39 Å². The van der Waals surface area contributed by atoms with Crippen LogP contribution in [0.5, 0.6) is 0 Å². The third-order valence-electron chi connectivity index (χ3n) is 2.83. The van der Waals surface area contributed by atoms with Gasteiger partial charge in [-0.15, -0.1) is 0 Å². The Hall–Kier alpha value is -2.43. The number of nitrogens with one attached hydrogen (secondary N) is 2. The first-order chi connectivity index (χ1) is 9.61. The summed E-state index contributed by atoms with van der Waals surface area (Å²) in [5.74, 6) is -0.785. The Bertz CT molecular complexity index is 680. The Morgan fingerprint density at radius 1 is 1.30 bits per heavy atom. The van der Waals surface area contributed by atoms with Gasteiger partial charge in [-0.05, 0) is 30.7 Å². The average molecular weight is 274 g/mol. The standard InChI is InChI=1S/C15H15FN2O2/c1-2-8-17-14(19)12-6-7-13(18-15(12)20)10-4-3-5-11(16)9-10/h3-7,9H,2,8H2,1H3,(H,17,19)(H,18,20). The Morgan fingerprint density at radius 3 is 2.75 bits per heavy atom. The van der Waals surface area contributed by atoms with E-state index in [0.29, 0.717) is 17.8 Å². The molecule has 0 aliphatic carbocycles. The Labute approximate surface area is 115 Å². The summed E-state index contributed by atoms with van der Waals surface area (Å²) in [6.45, 7) is 2.45. The maximum Gasteiger partial charge on any atom is 0.261 e. The number of halogens is 1. The molecular weight excluding hydrogens is 259 g/mol. The maximum absolute atomic E-state index is 13.1. The van der Waals surface area contributed by atoms with Crippen LogP contribution in [0.15, 0.2) is 41.2 Å². The van der Waals surface area contributed by atoms with Gasteiger partial charge in [-0.3, -0.25) is 9.59 Å². The van der Waals surface area contributed by atoms with Crippen molar-refractivity contribution in [3.8, 4) is 11.3 Å². The van der Waals surface area contributed by atoms with E-state index in [2.05, 4.69) is 10.3 Å². The molecule has 1 aromatic carbocycles. The SMILES string of the molecule is CCCNC(=O)c1ccc(-c2cccc(F)c2)[nH]c1=O. The molecule has 0 saturated carbocycles. The maximum atomic E-state index is 13.1. The third-order valence-corrected chi connectivity index (χ3v) is 2.83. The summed E-state index contributed by atoms with van der Waals surface area (Å²) in [7, 11) is 0. The van der Waals surface area contributed by atoms with E-state index < -0.39 is 11.5 Å². The van der Waals surface area contributed by atoms with Gasteiger partial charge in [-0.2, -0.15) is 0 Å². The summed E-state index contributed by atoms with van der Waals surface area (Å²) in [5.41, 5.74) is 0.600. The van der Waals surface area contributed by atoms with Crippen LogP contribution in [0, 0.1) is 5.82 Å². The molecule has 0 unspecified atom stereocenters. The second-order valence-corrected chi connectivity index (χ2v) is 4.38. The molecule has 2 rings (SSSR count). The molecule has 0 aliphatic rings. The van der Waals surface area contributed by atoms with E-state index in [9.17, 15) is 14.0 Å². The van der Waals surface area contributed by atoms with Crippen LogP contribution in [0.3, 0.4) is 0 Å². The normalized spacial score (nSPS) is 10.3. The van der Waals surface area contributed by atoms with E-state index >= 15 is 0 Å². The Morgan fingerprint density at radius 2 is 2.10 bits per heavy atom. The number of pyridine rings is 1. The summed E-state index contributed by atoms with van der Waals surface area (Å²) in [5, 5.41) is 2.64. The van der Waals surface area contributed by atoms with Crippen molar-refractivity contribution in [3.63, 3.8) is 0 Å². The smallest absolute Gasteiger partial charge is 0.261 e. The summed E-state index contributed by atoms with van der Waals surface area (Å²) in [4.78, 5) is 26.2. The molecule has 0 radical (unpaired) electrons. The Balaban J connectivity index is 2.30. The lowest BCUT2D eigenvalue weighted by Crippen LogP contribution is -2.30. The molecule has 0 bridgehead atoms. The molecule has 2 N–H and O–H groups in total. The van der Waals surface area contributed by atoms with Gasteiger partial charge in [0.05, 0.1) is 0 Å². The zero-order chi connectivity index (χ0) is 14.5. The van der Waals surface area contributed by atoms with Gasteiger partial charge in [-0.1, -0.05) is 19.1 Å². The molecule has 0 fully saturated rings. The molecule has 1 aromatic heterocycles. The number of carbonyl (C=O) groups excluding carboxylic acids is 1. The summed E-state index contributed by atoms with van der Waals surface area (Å²) in [6, 6.07) is 8.94. The number of H-pyrrole nitrogens is 1. The van der Waals surface area contributed by atoms with Crippen molar-refractivity contribution in [2.45, 2.75) is 13.3 Å². The van der Waals surface area contributed by atoms with Gasteiger partial charge in [0.1, 0.15) is 11.4 Å². The molecule has 2 aromatic rings. The second-order valence-electron chi connectivity index (χ2n) is 4.38. The van der Waals surface area contributed by atoms with Crippen molar-refractivity contribution in [3.05, 3.63) is 58.1 Å². The van der Waals surface area contributed by atoms with Gasteiger partial charge in [0.25, 0.3) is 11.5 Å². The summed E-state index contributed by atoms with van der Waals surface area (Å²) in [6.07, 6.45) is 0.797. The highest BCUT2D eigenvalue weighted by Crippen LogP contribution is 2.16. The molecular formula is C15H15FN2O2. The molecule has 20 heavy (non-hydrogen) atoms. The largest absolute Gasteiger partial charge is 0.352 e. The molecule has 1 amide bonds. The van der Waals surface area contributed by atoms with Crippen LogP contribution in [0.25, 0.3) is 11.3 Å². The van der Waals surface area contributed by atoms with Gasteiger partial charge in [0.15, 0.2) is 0 Å². The number of hydrogen-bond donors (Lipinski definition) is 2. The molecule has 0 spiro atoms. The highest BCUT2D eigenvalue weighted by atomic mass is 19.1. The lowest BCUT2D eigenvalue weighted by Gasteiger charge is -2.05. The molecule has 0 atom stereocenters. The van der Waals surface area contributed by atoms with E-state index in [-0.39, 0.29) is 11.4 Å². The zero-order valence-electron chi connectivity index (χ0n) is 11.1. The predicted molar refractivity (Wildman–Crippen MR) is 75.1 cm³/mol. The zero-order valence-corrected chi connectivity index (χ0v) is 11.1. The van der Waals surface area contributed by atoms with Crippen LogP contribution in [-0.4, -0.2) is 17.4 Å². The lowest BCUT2D eigenvalue weighted by molar-refractivity contribution is 0.0952.